The highest BCUT2D eigenvalue weighted by Gasteiger charge is 2.69. The molecule has 0 amide bonds. The van der Waals surface area contributed by atoms with Crippen molar-refractivity contribution in [1.82, 2.24) is 0 Å². The zero-order chi connectivity index (χ0) is 37.7. The summed E-state index contributed by atoms with van der Waals surface area (Å²) in [5, 5.41) is 20.6. The minimum absolute atomic E-state index is 0.00281. The Kier molecular flexibility index (Phi) is 10.1. The van der Waals surface area contributed by atoms with Crippen LogP contribution in [-0.4, -0.2) is 138 Å². The lowest BCUT2D eigenvalue weighted by Crippen LogP contribution is -2.62. The molecule has 11 aliphatic heterocycles. The molecule has 21 atom stereocenters. The van der Waals surface area contributed by atoms with Gasteiger partial charge in [-0.2, -0.15) is 0 Å². The minimum Gasteiger partial charge on any atom is -0.459 e. The van der Waals surface area contributed by atoms with Gasteiger partial charge in [0.15, 0.2) is 5.79 Å². The summed E-state index contributed by atoms with van der Waals surface area (Å²) >= 11 is 0. The molecule has 2 N–H and O–H groups in total. The quantitative estimate of drug-likeness (QED) is 0.312. The Morgan fingerprint density at radius 1 is 0.673 bits per heavy atom. The number of rotatable bonds is 2. The lowest BCUT2D eigenvalue weighted by atomic mass is 9.79. The van der Waals surface area contributed by atoms with Gasteiger partial charge >= 0.3 is 5.97 Å². The van der Waals surface area contributed by atoms with Crippen LogP contribution in [0.5, 0.6) is 0 Å². The Balaban J connectivity index is 0.934. The second-order valence-corrected chi connectivity index (χ2v) is 18.5. The normalized spacial score (nSPS) is 54.9. The van der Waals surface area contributed by atoms with Gasteiger partial charge in [0.05, 0.1) is 79.7 Å². The van der Waals surface area contributed by atoms with E-state index in [2.05, 4.69) is 20.1 Å². The minimum atomic E-state index is -0.808. The van der Waals surface area contributed by atoms with Gasteiger partial charge in [-0.25, -0.2) is 0 Å². The monoisotopic (exact) mass is 772 g/mol. The number of carbonyl (C=O) groups is 1. The first-order chi connectivity index (χ1) is 26.5. The first kappa shape index (κ1) is 37.8. The van der Waals surface area contributed by atoms with Crippen LogP contribution < -0.4 is 0 Å². The van der Waals surface area contributed by atoms with Crippen molar-refractivity contribution >= 4 is 5.97 Å². The van der Waals surface area contributed by atoms with Gasteiger partial charge in [0.25, 0.3) is 0 Å². The highest BCUT2D eigenvalue weighted by molar-refractivity contribution is 5.70. The third kappa shape index (κ3) is 6.79. The summed E-state index contributed by atoms with van der Waals surface area (Å²) in [6.07, 6.45) is 2.38. The average Bonchev–Trinajstić information content (AvgIpc) is 3.74. The molecule has 11 aliphatic rings. The van der Waals surface area contributed by atoms with Crippen LogP contribution in [0.25, 0.3) is 0 Å². The molecule has 306 valence electrons. The Labute approximate surface area is 323 Å². The zero-order valence-electron chi connectivity index (χ0n) is 32.2. The van der Waals surface area contributed by atoms with Crippen molar-refractivity contribution in [3.05, 3.63) is 24.3 Å². The van der Waals surface area contributed by atoms with Crippen LogP contribution in [0.4, 0.5) is 0 Å². The molecule has 13 heteroatoms. The predicted molar refractivity (Wildman–Crippen MR) is 193 cm³/mol. The summed E-state index contributed by atoms with van der Waals surface area (Å²) in [5.74, 6) is -1.18. The number of esters is 1. The summed E-state index contributed by atoms with van der Waals surface area (Å²) in [5.41, 5.74) is 2.14. The number of carbonyl (C=O) groups excluding carboxylic acids is 1. The Hall–Kier alpha value is -1.49. The molecule has 0 aromatic heterocycles. The lowest BCUT2D eigenvalue weighted by Gasteiger charge is -2.51. The molecule has 55 heavy (non-hydrogen) atoms. The van der Waals surface area contributed by atoms with Crippen LogP contribution in [0.2, 0.25) is 0 Å². The largest absolute Gasteiger partial charge is 0.459 e. The zero-order valence-corrected chi connectivity index (χ0v) is 32.2. The Bertz CT molecular complexity index is 1490. The number of aliphatic hydroxyl groups excluding tert-OH is 2. The first-order valence-electron chi connectivity index (χ1n) is 21.3. The van der Waals surface area contributed by atoms with E-state index < -0.39 is 48.5 Å². The maximum absolute atomic E-state index is 14.0. The van der Waals surface area contributed by atoms with Crippen LogP contribution in [0.15, 0.2) is 24.3 Å². The summed E-state index contributed by atoms with van der Waals surface area (Å²) in [6, 6.07) is 0. The third-order valence-electron chi connectivity index (χ3n) is 14.8. The number of ether oxygens (including phenoxy) is 10. The molecule has 0 aromatic carbocycles. The fourth-order valence-electron chi connectivity index (χ4n) is 11.9. The summed E-state index contributed by atoms with van der Waals surface area (Å²) in [7, 11) is 0. The van der Waals surface area contributed by atoms with Crippen molar-refractivity contribution < 1.29 is 62.4 Å². The van der Waals surface area contributed by atoms with Gasteiger partial charge < -0.3 is 57.6 Å². The van der Waals surface area contributed by atoms with Gasteiger partial charge in [-0.3, -0.25) is 4.79 Å². The maximum atomic E-state index is 14.0. The number of hydrogen-bond acceptors (Lipinski definition) is 13. The van der Waals surface area contributed by atoms with E-state index >= 15 is 0 Å². The molecule has 1 spiro atoms. The highest BCUT2D eigenvalue weighted by Crippen LogP contribution is 2.54. The topological polar surface area (TPSA) is 150 Å². The van der Waals surface area contributed by atoms with Crippen molar-refractivity contribution in [3.63, 3.8) is 0 Å². The maximum Gasteiger partial charge on any atom is 0.308 e. The van der Waals surface area contributed by atoms with E-state index in [1.165, 1.54) is 0 Å². The lowest BCUT2D eigenvalue weighted by molar-refractivity contribution is -0.293. The molecule has 11 fully saturated rings. The summed E-state index contributed by atoms with van der Waals surface area (Å²) < 4.78 is 66.9. The molecule has 0 radical (unpaired) electrons. The van der Waals surface area contributed by atoms with Gasteiger partial charge in [0.1, 0.15) is 36.6 Å². The van der Waals surface area contributed by atoms with Crippen molar-refractivity contribution in [1.29, 1.82) is 0 Å². The van der Waals surface area contributed by atoms with E-state index in [1.54, 1.807) is 0 Å². The molecule has 11 heterocycles. The summed E-state index contributed by atoms with van der Waals surface area (Å²) in [6.45, 7) is 13.1. The number of hydrogen-bond donors (Lipinski definition) is 2. The van der Waals surface area contributed by atoms with Gasteiger partial charge in [-0.1, -0.05) is 27.0 Å². The van der Waals surface area contributed by atoms with Crippen LogP contribution in [-0.2, 0) is 52.2 Å². The van der Waals surface area contributed by atoms with Crippen LogP contribution in [0, 0.1) is 11.8 Å². The van der Waals surface area contributed by atoms with Crippen molar-refractivity contribution in [2.24, 2.45) is 11.8 Å². The molecule has 11 saturated heterocycles. The molecule has 11 rings (SSSR count). The highest BCUT2D eigenvalue weighted by atomic mass is 16.8. The molecular formula is C42H60O13. The van der Waals surface area contributed by atoms with Gasteiger partial charge in [0.2, 0.25) is 0 Å². The van der Waals surface area contributed by atoms with Crippen LogP contribution >= 0.6 is 0 Å². The van der Waals surface area contributed by atoms with E-state index in [0.717, 1.165) is 49.7 Å². The predicted octanol–water partition coefficient (Wildman–Crippen LogP) is 3.59. The smallest absolute Gasteiger partial charge is 0.308 e. The second-order valence-electron chi connectivity index (χ2n) is 18.5. The van der Waals surface area contributed by atoms with Crippen LogP contribution in [0.3, 0.4) is 0 Å². The van der Waals surface area contributed by atoms with E-state index in [1.807, 2.05) is 6.92 Å². The molecule has 13 nitrogen and oxygen atoms in total. The Morgan fingerprint density at radius 2 is 1.42 bits per heavy atom. The first-order valence-corrected chi connectivity index (χ1v) is 21.3. The molecule has 0 aromatic rings. The number of aliphatic hydroxyl groups is 2. The fourth-order valence-corrected chi connectivity index (χ4v) is 11.9. The van der Waals surface area contributed by atoms with E-state index in [-0.39, 0.29) is 98.0 Å². The standard InChI is InChI=1S/C42H60O13/c1-19-13-23-5-7-27-20(2)14-25(46-27)9-11-42-18-33-38(54-42)39-40(52-33)41(55-42)37-29(51-39)8-6-24(48-37)15-34(45)53-36-22(4)35-31(16-26(44)28(50-35)10-12-43)49-32(36)17-30(47-23)21(19)3/h19,22-33,35-41,43-44H,2-3,5-18H2,1,4H3/t19-,22+,23+,24?,25+,26-,27?,28-,29+,30?,31?,32+,33-,35+,36-,37+,38?,39+,40-,41?,42+/m1/s1. The third-order valence-corrected chi connectivity index (χ3v) is 14.8. The molecule has 6 unspecified atom stereocenters. The molecule has 0 saturated carbocycles. The van der Waals surface area contributed by atoms with Crippen molar-refractivity contribution in [2.45, 2.75) is 213 Å². The van der Waals surface area contributed by atoms with E-state index in [4.69, 9.17) is 47.4 Å². The molecule has 0 aliphatic carbocycles. The van der Waals surface area contributed by atoms with E-state index in [0.29, 0.717) is 38.5 Å². The second kappa shape index (κ2) is 14.7. The Morgan fingerprint density at radius 3 is 2.27 bits per heavy atom. The van der Waals surface area contributed by atoms with Gasteiger partial charge in [-0.05, 0) is 68.4 Å². The average molecular weight is 773 g/mol. The molecular weight excluding hydrogens is 712 g/mol. The van der Waals surface area contributed by atoms with Crippen molar-refractivity contribution in [2.75, 3.05) is 6.61 Å². The van der Waals surface area contributed by atoms with Gasteiger partial charge in [0, 0.05) is 38.2 Å². The van der Waals surface area contributed by atoms with Gasteiger partial charge in [-0.15, -0.1) is 0 Å². The number of fused-ring (bicyclic) bond motifs is 7. The van der Waals surface area contributed by atoms with Crippen molar-refractivity contribution in [3.8, 4) is 0 Å². The van der Waals surface area contributed by atoms with Crippen LogP contribution in [0.1, 0.15) is 97.3 Å². The summed E-state index contributed by atoms with van der Waals surface area (Å²) in [4.78, 5) is 14.0. The SMILES string of the molecule is C=C1C[C@@H]2CC[C@@]34C[C@H]5O[C@H]6C(O3)[C@H]3OC(CC[C@@H]3O[C@H]6C5O4)CC(=O)O[C@@H]3[C@@H](C)[C@@H]4O[C@H](CCO)[C@H](O)CC4O[C@H]3CC3O[C@@H](CCC1O2)C[C@@H](C)C3=C. The fraction of sp³-hybridized carbons (Fsp3) is 0.881. The molecule has 12 bridgehead atoms. The van der Waals surface area contributed by atoms with E-state index in [9.17, 15) is 15.0 Å².